The first kappa shape index (κ1) is 12.8. The minimum absolute atomic E-state index is 0.254. The Hall–Kier alpha value is -1.20. The van der Waals surface area contributed by atoms with E-state index in [0.717, 1.165) is 23.6 Å². The topological polar surface area (TPSA) is 48.1 Å². The zero-order chi connectivity index (χ0) is 13.4. The van der Waals surface area contributed by atoms with E-state index in [1.807, 2.05) is 6.92 Å². The SMILES string of the molecule is Cc1ccc2c(c1)CC(CSc1sc(N)nc1C)O2. The largest absolute Gasteiger partial charge is 0.489 e. The number of nitrogens with two attached hydrogens (primary N) is 1. The van der Waals surface area contributed by atoms with Gasteiger partial charge in [-0.3, -0.25) is 0 Å². The normalized spacial score (nSPS) is 17.3. The van der Waals surface area contributed by atoms with Gasteiger partial charge in [-0.05, 0) is 25.5 Å². The summed E-state index contributed by atoms with van der Waals surface area (Å²) < 4.78 is 7.16. The van der Waals surface area contributed by atoms with Gasteiger partial charge < -0.3 is 10.5 Å². The highest BCUT2D eigenvalue weighted by Crippen LogP contribution is 2.35. The van der Waals surface area contributed by atoms with E-state index < -0.39 is 0 Å². The molecule has 0 spiro atoms. The van der Waals surface area contributed by atoms with Crippen LogP contribution in [0.15, 0.2) is 22.4 Å². The summed E-state index contributed by atoms with van der Waals surface area (Å²) in [5.74, 6) is 1.98. The van der Waals surface area contributed by atoms with Crippen LogP contribution < -0.4 is 10.5 Å². The number of nitrogen functional groups attached to an aromatic ring is 1. The highest BCUT2D eigenvalue weighted by atomic mass is 32.2. The summed E-state index contributed by atoms with van der Waals surface area (Å²) in [5, 5.41) is 0.645. The maximum Gasteiger partial charge on any atom is 0.181 e. The van der Waals surface area contributed by atoms with Crippen molar-refractivity contribution in [3.63, 3.8) is 0 Å². The molecule has 5 heteroatoms. The Morgan fingerprint density at radius 1 is 1.47 bits per heavy atom. The van der Waals surface area contributed by atoms with Crippen LogP contribution in [0.3, 0.4) is 0 Å². The van der Waals surface area contributed by atoms with E-state index in [2.05, 4.69) is 30.1 Å². The van der Waals surface area contributed by atoms with Gasteiger partial charge in [-0.1, -0.05) is 29.0 Å². The number of thioether (sulfide) groups is 1. The van der Waals surface area contributed by atoms with Crippen LogP contribution in [0.5, 0.6) is 5.75 Å². The van der Waals surface area contributed by atoms with Crippen LogP contribution in [0.2, 0.25) is 0 Å². The van der Waals surface area contributed by atoms with Crippen LogP contribution in [0, 0.1) is 13.8 Å². The lowest BCUT2D eigenvalue weighted by atomic mass is 10.1. The standard InChI is InChI=1S/C14H16N2OS2/c1-8-3-4-12-10(5-8)6-11(17-12)7-18-13-9(2)16-14(15)19-13/h3-5,11H,6-7H2,1-2H3,(H2,15,16). The molecule has 1 aromatic carbocycles. The van der Waals surface area contributed by atoms with Gasteiger partial charge in [-0.15, -0.1) is 11.8 Å². The fourth-order valence-corrected chi connectivity index (χ4v) is 4.29. The first-order chi connectivity index (χ1) is 9.11. The summed E-state index contributed by atoms with van der Waals surface area (Å²) in [5.41, 5.74) is 9.36. The number of fused-ring (bicyclic) bond motifs is 1. The molecule has 0 bridgehead atoms. The molecule has 1 atom stereocenters. The molecular formula is C14H16N2OS2. The van der Waals surface area contributed by atoms with E-state index in [9.17, 15) is 0 Å². The number of hydrogen-bond donors (Lipinski definition) is 1. The third-order valence-electron chi connectivity index (χ3n) is 3.13. The molecule has 2 aromatic rings. The van der Waals surface area contributed by atoms with Crippen molar-refractivity contribution in [3.8, 4) is 5.75 Å². The molecule has 0 fully saturated rings. The molecule has 0 aliphatic carbocycles. The van der Waals surface area contributed by atoms with Crippen molar-refractivity contribution in [2.75, 3.05) is 11.5 Å². The molecule has 3 rings (SSSR count). The van der Waals surface area contributed by atoms with E-state index >= 15 is 0 Å². The maximum atomic E-state index is 5.96. The smallest absolute Gasteiger partial charge is 0.181 e. The van der Waals surface area contributed by atoms with E-state index in [4.69, 9.17) is 10.5 Å². The van der Waals surface area contributed by atoms with Crippen molar-refractivity contribution in [1.82, 2.24) is 4.98 Å². The third-order valence-corrected chi connectivity index (χ3v) is 5.61. The summed E-state index contributed by atoms with van der Waals surface area (Å²) in [6.07, 6.45) is 1.25. The van der Waals surface area contributed by atoms with Gasteiger partial charge in [0.2, 0.25) is 0 Å². The fraction of sp³-hybridized carbons (Fsp3) is 0.357. The molecule has 100 valence electrons. The summed E-state index contributed by atoms with van der Waals surface area (Å²) in [4.78, 5) is 4.24. The molecule has 3 nitrogen and oxygen atoms in total. The van der Waals surface area contributed by atoms with Gasteiger partial charge in [0.25, 0.3) is 0 Å². The minimum Gasteiger partial charge on any atom is -0.489 e. The van der Waals surface area contributed by atoms with Crippen LogP contribution in [-0.2, 0) is 6.42 Å². The number of benzene rings is 1. The Morgan fingerprint density at radius 3 is 3.05 bits per heavy atom. The average molecular weight is 292 g/mol. The first-order valence-corrected chi connectivity index (χ1v) is 8.04. The highest BCUT2D eigenvalue weighted by molar-refractivity contribution is 8.01. The summed E-state index contributed by atoms with van der Waals surface area (Å²) in [6, 6.07) is 6.39. The molecule has 0 saturated heterocycles. The van der Waals surface area contributed by atoms with Gasteiger partial charge in [0.05, 0.1) is 9.90 Å². The zero-order valence-corrected chi connectivity index (χ0v) is 12.6. The van der Waals surface area contributed by atoms with Gasteiger partial charge in [0, 0.05) is 12.2 Å². The van der Waals surface area contributed by atoms with Crippen molar-refractivity contribution in [3.05, 3.63) is 35.0 Å². The van der Waals surface area contributed by atoms with Crippen LogP contribution in [0.1, 0.15) is 16.8 Å². The molecule has 2 N–H and O–H groups in total. The Balaban J connectivity index is 1.63. The second-order valence-electron chi connectivity index (χ2n) is 4.79. The number of aromatic nitrogens is 1. The van der Waals surface area contributed by atoms with Crippen LogP contribution in [0.25, 0.3) is 0 Å². The molecule has 0 radical (unpaired) electrons. The molecule has 1 aromatic heterocycles. The number of ether oxygens (including phenoxy) is 1. The van der Waals surface area contributed by atoms with Crippen molar-refractivity contribution in [1.29, 1.82) is 0 Å². The van der Waals surface area contributed by atoms with Gasteiger partial charge in [0.1, 0.15) is 11.9 Å². The Morgan fingerprint density at radius 2 is 2.32 bits per heavy atom. The van der Waals surface area contributed by atoms with Gasteiger partial charge in [-0.2, -0.15) is 0 Å². The number of anilines is 1. The number of hydrogen-bond acceptors (Lipinski definition) is 5. The van der Waals surface area contributed by atoms with E-state index in [0.29, 0.717) is 5.13 Å². The Labute approximate surface area is 121 Å². The molecule has 1 unspecified atom stereocenters. The second kappa shape index (κ2) is 5.06. The fourth-order valence-electron chi connectivity index (χ4n) is 2.25. The minimum atomic E-state index is 0.254. The number of nitrogens with zero attached hydrogens (tertiary/aromatic N) is 1. The maximum absolute atomic E-state index is 5.96. The number of rotatable bonds is 3. The summed E-state index contributed by atoms with van der Waals surface area (Å²) >= 11 is 3.35. The molecule has 2 heterocycles. The second-order valence-corrected chi connectivity index (χ2v) is 7.11. The highest BCUT2D eigenvalue weighted by Gasteiger charge is 2.23. The van der Waals surface area contributed by atoms with E-state index in [1.54, 1.807) is 23.1 Å². The average Bonchev–Trinajstić information content (AvgIpc) is 2.89. The predicted molar refractivity (Wildman–Crippen MR) is 81.3 cm³/mol. The third kappa shape index (κ3) is 2.72. The lowest BCUT2D eigenvalue weighted by Gasteiger charge is -2.09. The Bertz CT molecular complexity index is 609. The summed E-state index contributed by atoms with van der Waals surface area (Å²) in [6.45, 7) is 4.12. The van der Waals surface area contributed by atoms with Crippen LogP contribution in [-0.4, -0.2) is 16.8 Å². The number of thiazole rings is 1. The van der Waals surface area contributed by atoms with Crippen molar-refractivity contribution >= 4 is 28.2 Å². The van der Waals surface area contributed by atoms with Gasteiger partial charge in [0.15, 0.2) is 5.13 Å². The monoisotopic (exact) mass is 292 g/mol. The quantitative estimate of drug-likeness (QED) is 0.880. The molecular weight excluding hydrogens is 276 g/mol. The number of aryl methyl sites for hydroxylation is 2. The van der Waals surface area contributed by atoms with Crippen molar-refractivity contribution in [2.45, 2.75) is 30.6 Å². The molecule has 1 aliphatic heterocycles. The predicted octanol–water partition coefficient (Wildman–Crippen LogP) is 3.44. The lowest BCUT2D eigenvalue weighted by molar-refractivity contribution is 0.259. The first-order valence-electron chi connectivity index (χ1n) is 6.23. The van der Waals surface area contributed by atoms with Crippen molar-refractivity contribution in [2.24, 2.45) is 0 Å². The van der Waals surface area contributed by atoms with E-state index in [1.165, 1.54) is 15.3 Å². The summed E-state index contributed by atoms with van der Waals surface area (Å²) in [7, 11) is 0. The zero-order valence-electron chi connectivity index (χ0n) is 11.0. The van der Waals surface area contributed by atoms with Crippen molar-refractivity contribution < 1.29 is 4.74 Å². The van der Waals surface area contributed by atoms with E-state index in [-0.39, 0.29) is 6.10 Å². The Kier molecular flexibility index (Phi) is 3.41. The van der Waals surface area contributed by atoms with Crippen LogP contribution >= 0.6 is 23.1 Å². The molecule has 19 heavy (non-hydrogen) atoms. The lowest BCUT2D eigenvalue weighted by Crippen LogP contribution is -2.15. The van der Waals surface area contributed by atoms with Crippen LogP contribution in [0.4, 0.5) is 5.13 Å². The van der Waals surface area contributed by atoms with Gasteiger partial charge >= 0.3 is 0 Å². The molecule has 1 aliphatic rings. The van der Waals surface area contributed by atoms with Gasteiger partial charge in [-0.25, -0.2) is 4.98 Å². The molecule has 0 amide bonds. The molecule has 0 saturated carbocycles.